The van der Waals surface area contributed by atoms with E-state index < -0.39 is 23.9 Å². The number of nitrogens with zero attached hydrogens (tertiary/aromatic N) is 2. The molecular weight excluding hydrogens is 336 g/mol. The van der Waals surface area contributed by atoms with Crippen molar-refractivity contribution in [1.29, 1.82) is 0 Å². The van der Waals surface area contributed by atoms with Crippen LogP contribution < -0.4 is 11.2 Å². The summed E-state index contributed by atoms with van der Waals surface area (Å²) in [5, 5.41) is 0. The summed E-state index contributed by atoms with van der Waals surface area (Å²) in [5.41, 5.74) is 8.90. The smallest absolute Gasteiger partial charge is 0.410 e. The van der Waals surface area contributed by atoms with Gasteiger partial charge in [0.1, 0.15) is 18.3 Å². The highest BCUT2D eigenvalue weighted by Gasteiger charge is 2.35. The number of carbonyl (C=O) groups is 3. The molecule has 3 rings (SSSR count). The summed E-state index contributed by atoms with van der Waals surface area (Å²) in [7, 11) is 0. The molecule has 0 bridgehead atoms. The number of amides is 3. The number of carbonyl (C=O) groups excluding carboxylic acids is 3. The third kappa shape index (κ3) is 3.85. The maximum Gasteiger partial charge on any atom is 0.410 e. The van der Waals surface area contributed by atoms with Crippen LogP contribution in [0.5, 0.6) is 0 Å². The zero-order valence-electron chi connectivity index (χ0n) is 14.1. The Labute approximate surface area is 150 Å². The topological polar surface area (TPSA) is 107 Å². The summed E-state index contributed by atoms with van der Waals surface area (Å²) in [5.74, 6) is -1.04. The number of hydrogen-bond acceptors (Lipinski definition) is 4. The lowest BCUT2D eigenvalue weighted by Gasteiger charge is -2.23. The Kier molecular flexibility index (Phi) is 5.21. The molecule has 0 unspecified atom stereocenters. The predicted molar refractivity (Wildman–Crippen MR) is 93.7 cm³/mol. The molecule has 3 amide bonds. The lowest BCUT2D eigenvalue weighted by atomic mass is 10.2. The van der Waals surface area contributed by atoms with Gasteiger partial charge in [-0.25, -0.2) is 4.79 Å². The molecule has 2 aromatic rings. The molecule has 3 N–H and O–H groups in total. The first-order valence-corrected chi connectivity index (χ1v) is 8.31. The van der Waals surface area contributed by atoms with Gasteiger partial charge < -0.3 is 10.5 Å². The number of benzene rings is 1. The lowest BCUT2D eigenvalue weighted by molar-refractivity contribution is -0.121. The van der Waals surface area contributed by atoms with Crippen molar-refractivity contribution >= 4 is 17.9 Å². The van der Waals surface area contributed by atoms with Gasteiger partial charge >= 0.3 is 6.09 Å². The minimum absolute atomic E-state index is 0.147. The molecule has 0 aliphatic carbocycles. The Balaban J connectivity index is 1.61. The van der Waals surface area contributed by atoms with Crippen molar-refractivity contribution in [3.8, 4) is 0 Å². The summed E-state index contributed by atoms with van der Waals surface area (Å²) < 4.78 is 6.58. The van der Waals surface area contributed by atoms with Gasteiger partial charge in [0.25, 0.3) is 11.8 Å². The van der Waals surface area contributed by atoms with Crippen molar-refractivity contribution in [2.24, 2.45) is 5.73 Å². The van der Waals surface area contributed by atoms with Crippen LogP contribution in [0.1, 0.15) is 28.9 Å². The number of nitrogens with one attached hydrogen (secondary N) is 1. The zero-order valence-corrected chi connectivity index (χ0v) is 14.1. The van der Waals surface area contributed by atoms with Crippen molar-refractivity contribution in [3.63, 3.8) is 0 Å². The van der Waals surface area contributed by atoms with Crippen LogP contribution in [-0.4, -0.2) is 40.1 Å². The van der Waals surface area contributed by atoms with Crippen LogP contribution >= 0.6 is 0 Å². The zero-order chi connectivity index (χ0) is 18.5. The molecule has 2 heterocycles. The van der Waals surface area contributed by atoms with Gasteiger partial charge in [0.05, 0.1) is 0 Å². The van der Waals surface area contributed by atoms with Crippen LogP contribution in [0.15, 0.2) is 48.7 Å². The Hall–Kier alpha value is -3.29. The van der Waals surface area contributed by atoms with E-state index in [2.05, 4.69) is 5.43 Å². The lowest BCUT2D eigenvalue weighted by Crippen LogP contribution is -2.45. The molecule has 26 heavy (non-hydrogen) atoms. The number of ether oxygens (including phenoxy) is 1. The van der Waals surface area contributed by atoms with Gasteiger partial charge in [0, 0.05) is 12.7 Å². The van der Waals surface area contributed by atoms with Crippen molar-refractivity contribution < 1.29 is 19.1 Å². The molecule has 1 fully saturated rings. The fourth-order valence-corrected chi connectivity index (χ4v) is 2.93. The fourth-order valence-electron chi connectivity index (χ4n) is 2.93. The van der Waals surface area contributed by atoms with Crippen LogP contribution in [-0.2, 0) is 16.1 Å². The van der Waals surface area contributed by atoms with Gasteiger partial charge in [-0.15, -0.1) is 0 Å². The molecular formula is C18H20N4O4. The standard InChI is InChI=1S/C18H20N4O4/c19-16(23)14-8-5-11-22(14)20-17(24)15-9-4-10-21(15)18(25)26-12-13-6-2-1-3-7-13/h1-3,5-8,11,15H,4,9-10,12H2,(H2,19,23)(H,20,24)/t15-/m1/s1. The second-order valence-corrected chi connectivity index (χ2v) is 6.00. The van der Waals surface area contributed by atoms with E-state index in [1.165, 1.54) is 21.8 Å². The molecule has 1 aliphatic heterocycles. The Bertz CT molecular complexity index is 803. The van der Waals surface area contributed by atoms with Crippen LogP contribution in [0.3, 0.4) is 0 Å². The predicted octanol–water partition coefficient (Wildman–Crippen LogP) is 1.46. The maximum absolute atomic E-state index is 12.5. The summed E-state index contributed by atoms with van der Waals surface area (Å²) in [6.07, 6.45) is 2.21. The highest BCUT2D eigenvalue weighted by atomic mass is 16.6. The summed E-state index contributed by atoms with van der Waals surface area (Å²) in [6.45, 7) is 0.591. The number of rotatable bonds is 5. The monoisotopic (exact) mass is 356 g/mol. The van der Waals surface area contributed by atoms with Crippen LogP contribution in [0, 0.1) is 0 Å². The Morgan fingerprint density at radius 1 is 1.15 bits per heavy atom. The van der Waals surface area contributed by atoms with E-state index in [1.54, 1.807) is 6.07 Å². The van der Waals surface area contributed by atoms with Crippen molar-refractivity contribution in [1.82, 2.24) is 9.58 Å². The van der Waals surface area contributed by atoms with Crippen LogP contribution in [0.4, 0.5) is 4.79 Å². The second kappa shape index (κ2) is 7.73. The molecule has 1 saturated heterocycles. The van der Waals surface area contributed by atoms with E-state index in [-0.39, 0.29) is 12.3 Å². The van der Waals surface area contributed by atoms with E-state index >= 15 is 0 Å². The second-order valence-electron chi connectivity index (χ2n) is 6.00. The molecule has 8 heteroatoms. The number of hydrogen-bond donors (Lipinski definition) is 2. The van der Waals surface area contributed by atoms with Crippen LogP contribution in [0.2, 0.25) is 0 Å². The summed E-state index contributed by atoms with van der Waals surface area (Å²) in [6, 6.07) is 11.8. The SMILES string of the molecule is NC(=O)c1cccn1NC(=O)[C@H]1CCCN1C(=O)OCc1ccccc1. The molecule has 1 aliphatic rings. The third-order valence-corrected chi connectivity index (χ3v) is 4.23. The molecule has 8 nitrogen and oxygen atoms in total. The van der Waals surface area contributed by atoms with E-state index in [0.29, 0.717) is 19.4 Å². The van der Waals surface area contributed by atoms with Crippen molar-refractivity contribution in [2.75, 3.05) is 12.0 Å². The van der Waals surface area contributed by atoms with Crippen molar-refractivity contribution in [2.45, 2.75) is 25.5 Å². The van der Waals surface area contributed by atoms with Gasteiger partial charge in [0.15, 0.2) is 0 Å². The van der Waals surface area contributed by atoms with Gasteiger partial charge in [0.2, 0.25) is 0 Å². The fraction of sp³-hybridized carbons (Fsp3) is 0.278. The molecule has 136 valence electrons. The molecule has 0 radical (unpaired) electrons. The van der Waals surface area contributed by atoms with Gasteiger partial charge in [-0.3, -0.25) is 24.6 Å². The average Bonchev–Trinajstić information content (AvgIpc) is 3.29. The highest BCUT2D eigenvalue weighted by molar-refractivity contribution is 5.95. The van der Waals surface area contributed by atoms with E-state index in [9.17, 15) is 14.4 Å². The molecule has 1 aromatic heterocycles. The summed E-state index contributed by atoms with van der Waals surface area (Å²) in [4.78, 5) is 37.6. The number of aromatic nitrogens is 1. The first-order valence-electron chi connectivity index (χ1n) is 8.31. The molecule has 1 aromatic carbocycles. The third-order valence-electron chi connectivity index (χ3n) is 4.23. The first-order chi connectivity index (χ1) is 12.6. The molecule has 0 saturated carbocycles. The number of likely N-dealkylation sites (tertiary alicyclic amines) is 1. The van der Waals surface area contributed by atoms with Gasteiger partial charge in [-0.2, -0.15) is 0 Å². The van der Waals surface area contributed by atoms with Crippen molar-refractivity contribution in [3.05, 3.63) is 59.9 Å². The Morgan fingerprint density at radius 3 is 2.65 bits per heavy atom. The average molecular weight is 356 g/mol. The van der Waals surface area contributed by atoms with Gasteiger partial charge in [-0.05, 0) is 30.5 Å². The minimum Gasteiger partial charge on any atom is -0.445 e. The van der Waals surface area contributed by atoms with E-state index in [4.69, 9.17) is 10.5 Å². The molecule has 1 atom stereocenters. The normalized spacial score (nSPS) is 16.3. The van der Waals surface area contributed by atoms with Gasteiger partial charge in [-0.1, -0.05) is 30.3 Å². The molecule has 0 spiro atoms. The highest BCUT2D eigenvalue weighted by Crippen LogP contribution is 2.19. The summed E-state index contributed by atoms with van der Waals surface area (Å²) >= 11 is 0. The Morgan fingerprint density at radius 2 is 1.92 bits per heavy atom. The number of primary amides is 1. The maximum atomic E-state index is 12.5. The van der Waals surface area contributed by atoms with E-state index in [0.717, 1.165) is 5.56 Å². The van der Waals surface area contributed by atoms with E-state index in [1.807, 2.05) is 30.3 Å². The van der Waals surface area contributed by atoms with Crippen LogP contribution in [0.25, 0.3) is 0 Å². The number of nitrogens with two attached hydrogens (primary N) is 1. The quantitative estimate of drug-likeness (QED) is 0.846. The minimum atomic E-state index is -0.652. The first kappa shape index (κ1) is 17.5. The largest absolute Gasteiger partial charge is 0.445 e.